The number of anilines is 1. The highest BCUT2D eigenvalue weighted by Gasteiger charge is 2.01. The molecule has 1 amide bonds. The van der Waals surface area contributed by atoms with Crippen LogP contribution in [0.3, 0.4) is 0 Å². The maximum absolute atomic E-state index is 11.0. The van der Waals surface area contributed by atoms with Crippen LogP contribution in [-0.2, 0) is 4.79 Å². The van der Waals surface area contributed by atoms with E-state index in [4.69, 9.17) is 11.6 Å². The lowest BCUT2D eigenvalue weighted by atomic mass is 10.4. The lowest BCUT2D eigenvalue weighted by molar-refractivity contribution is -0.113. The molecule has 0 atom stereocenters. The summed E-state index contributed by atoms with van der Waals surface area (Å²) in [4.78, 5) is 24.4. The van der Waals surface area contributed by atoms with Gasteiger partial charge >= 0.3 is 0 Å². The molecule has 0 bridgehead atoms. The average Bonchev–Trinajstić information content (AvgIpc) is 2.09. The summed E-state index contributed by atoms with van der Waals surface area (Å²) in [6, 6.07) is 1.32. The molecule has 5 heteroatoms. The molecule has 0 fully saturated rings. The first-order valence-corrected chi connectivity index (χ1v) is 3.80. The van der Waals surface area contributed by atoms with Crippen LogP contribution in [0.4, 0.5) is 5.69 Å². The zero-order chi connectivity index (χ0) is 8.97. The van der Waals surface area contributed by atoms with Gasteiger partial charge in [0.25, 0.3) is 0 Å². The summed E-state index contributed by atoms with van der Waals surface area (Å²) >= 11 is 5.23. The van der Waals surface area contributed by atoms with Crippen molar-refractivity contribution in [1.29, 1.82) is 0 Å². The Hall–Kier alpha value is -1.29. The van der Waals surface area contributed by atoms with E-state index in [1.165, 1.54) is 18.5 Å². The van der Waals surface area contributed by atoms with Crippen LogP contribution in [0.5, 0.6) is 0 Å². The number of nitrogens with one attached hydrogen (secondary N) is 2. The number of halogens is 1. The number of amides is 1. The Labute approximate surface area is 73.6 Å². The molecule has 1 heterocycles. The molecule has 64 valence electrons. The summed E-state index contributed by atoms with van der Waals surface area (Å²) in [5, 5.41) is 2.35. The second kappa shape index (κ2) is 3.92. The van der Waals surface area contributed by atoms with Gasteiger partial charge in [-0.05, 0) is 0 Å². The van der Waals surface area contributed by atoms with Crippen molar-refractivity contribution in [3.8, 4) is 0 Å². The maximum Gasteiger partial charge on any atom is 0.239 e. The largest absolute Gasteiger partial charge is 0.366 e. The van der Waals surface area contributed by atoms with E-state index >= 15 is 0 Å². The summed E-state index contributed by atoms with van der Waals surface area (Å²) in [5.74, 6) is -0.553. The Morgan fingerprint density at radius 2 is 2.42 bits per heavy atom. The molecule has 0 radical (unpaired) electrons. The molecule has 0 aliphatic carbocycles. The Kier molecular flexibility index (Phi) is 2.88. The SMILES string of the molecule is O=C(CCl)Nc1c[nH]ccc1=O. The quantitative estimate of drug-likeness (QED) is 0.663. The third-order valence-electron chi connectivity index (χ3n) is 1.22. The lowest BCUT2D eigenvalue weighted by Crippen LogP contribution is -2.18. The van der Waals surface area contributed by atoms with Crippen LogP contribution in [0.1, 0.15) is 0 Å². The lowest BCUT2D eigenvalue weighted by Gasteiger charge is -1.99. The number of rotatable bonds is 2. The van der Waals surface area contributed by atoms with Crippen molar-refractivity contribution >= 4 is 23.2 Å². The minimum atomic E-state index is -0.395. The second-order valence-electron chi connectivity index (χ2n) is 2.10. The van der Waals surface area contributed by atoms with Gasteiger partial charge in [0.05, 0.1) is 0 Å². The monoisotopic (exact) mass is 186 g/mol. The van der Waals surface area contributed by atoms with Gasteiger partial charge in [-0.15, -0.1) is 11.6 Å². The summed E-state index contributed by atoms with van der Waals surface area (Å²) in [6.07, 6.45) is 2.89. The predicted octanol–water partition coefficient (Wildman–Crippen LogP) is 0.552. The van der Waals surface area contributed by atoms with Crippen molar-refractivity contribution in [1.82, 2.24) is 4.98 Å². The molecule has 12 heavy (non-hydrogen) atoms. The van der Waals surface area contributed by atoms with Gasteiger partial charge in [0.15, 0.2) is 0 Å². The van der Waals surface area contributed by atoms with Gasteiger partial charge in [-0.2, -0.15) is 0 Å². The fraction of sp³-hybridized carbons (Fsp3) is 0.143. The first kappa shape index (κ1) is 8.80. The smallest absolute Gasteiger partial charge is 0.239 e. The summed E-state index contributed by atoms with van der Waals surface area (Å²) in [7, 11) is 0. The molecule has 0 spiro atoms. The molecule has 2 N–H and O–H groups in total. The van der Waals surface area contributed by atoms with Crippen LogP contribution in [0.2, 0.25) is 0 Å². The van der Waals surface area contributed by atoms with Gasteiger partial charge in [0, 0.05) is 18.5 Å². The van der Waals surface area contributed by atoms with Crippen LogP contribution in [0.25, 0.3) is 0 Å². The number of hydrogen-bond acceptors (Lipinski definition) is 2. The Morgan fingerprint density at radius 3 is 3.00 bits per heavy atom. The standard InChI is InChI=1S/C7H7ClN2O2/c8-3-7(12)10-5-4-9-2-1-6(5)11/h1-2,4H,3H2,(H,9,11)(H,10,12). The van der Waals surface area contributed by atoms with Crippen molar-refractivity contribution < 1.29 is 4.79 Å². The van der Waals surface area contributed by atoms with Crippen LogP contribution in [-0.4, -0.2) is 16.8 Å². The maximum atomic E-state index is 11.0. The molecule has 0 aliphatic rings. The molecular formula is C7H7ClN2O2. The molecule has 0 aromatic carbocycles. The van der Waals surface area contributed by atoms with Crippen molar-refractivity contribution in [2.24, 2.45) is 0 Å². The molecule has 0 saturated heterocycles. The number of aromatic amines is 1. The van der Waals surface area contributed by atoms with E-state index in [9.17, 15) is 9.59 Å². The molecule has 1 aromatic heterocycles. The predicted molar refractivity (Wildman–Crippen MR) is 46.4 cm³/mol. The first-order chi connectivity index (χ1) is 5.74. The zero-order valence-corrected chi connectivity index (χ0v) is 6.89. The third kappa shape index (κ3) is 2.10. The number of pyridine rings is 1. The van der Waals surface area contributed by atoms with E-state index in [1.807, 2.05) is 0 Å². The number of H-pyrrole nitrogens is 1. The number of hydrogen-bond donors (Lipinski definition) is 2. The summed E-state index contributed by atoms with van der Waals surface area (Å²) in [6.45, 7) is 0. The van der Waals surface area contributed by atoms with Crippen molar-refractivity contribution in [2.75, 3.05) is 11.2 Å². The van der Waals surface area contributed by atoms with E-state index in [2.05, 4.69) is 10.3 Å². The highest BCUT2D eigenvalue weighted by molar-refractivity contribution is 6.29. The third-order valence-corrected chi connectivity index (χ3v) is 1.46. The molecule has 4 nitrogen and oxygen atoms in total. The van der Waals surface area contributed by atoms with Gasteiger partial charge in [-0.3, -0.25) is 9.59 Å². The molecular weight excluding hydrogens is 180 g/mol. The zero-order valence-electron chi connectivity index (χ0n) is 6.13. The van der Waals surface area contributed by atoms with Crippen molar-refractivity contribution in [3.63, 3.8) is 0 Å². The topological polar surface area (TPSA) is 62.0 Å². The average molecular weight is 187 g/mol. The van der Waals surface area contributed by atoms with Gasteiger partial charge in [-0.25, -0.2) is 0 Å². The number of carbonyl (C=O) groups is 1. The van der Waals surface area contributed by atoms with Gasteiger partial charge in [-0.1, -0.05) is 0 Å². The highest BCUT2D eigenvalue weighted by atomic mass is 35.5. The minimum Gasteiger partial charge on any atom is -0.366 e. The minimum absolute atomic E-state index is 0.158. The van der Waals surface area contributed by atoms with Gasteiger partial charge in [0.2, 0.25) is 11.3 Å². The molecule has 1 aromatic rings. The fourth-order valence-electron chi connectivity index (χ4n) is 0.697. The van der Waals surface area contributed by atoms with Crippen molar-refractivity contribution in [2.45, 2.75) is 0 Å². The second-order valence-corrected chi connectivity index (χ2v) is 2.37. The fourth-order valence-corrected chi connectivity index (χ4v) is 0.764. The Bertz CT molecular complexity index is 334. The normalized spacial score (nSPS) is 9.42. The van der Waals surface area contributed by atoms with Gasteiger partial charge < -0.3 is 10.3 Å². The number of aromatic nitrogens is 1. The van der Waals surface area contributed by atoms with Crippen LogP contribution < -0.4 is 10.7 Å². The highest BCUT2D eigenvalue weighted by Crippen LogP contribution is 1.94. The molecule has 1 rings (SSSR count). The number of carbonyl (C=O) groups excluding carboxylic acids is 1. The van der Waals surface area contributed by atoms with E-state index in [0.29, 0.717) is 0 Å². The molecule has 0 aliphatic heterocycles. The van der Waals surface area contributed by atoms with Crippen LogP contribution >= 0.6 is 11.6 Å². The number of alkyl halides is 1. The molecule has 0 unspecified atom stereocenters. The van der Waals surface area contributed by atoms with Crippen LogP contribution in [0.15, 0.2) is 23.3 Å². The van der Waals surface area contributed by atoms with E-state index < -0.39 is 5.91 Å². The van der Waals surface area contributed by atoms with E-state index in [-0.39, 0.29) is 17.0 Å². The van der Waals surface area contributed by atoms with Crippen LogP contribution in [0, 0.1) is 0 Å². The summed E-state index contributed by atoms with van der Waals surface area (Å²) in [5.41, 5.74) is -0.0321. The Morgan fingerprint density at radius 1 is 1.67 bits per heavy atom. The summed E-state index contributed by atoms with van der Waals surface area (Å²) < 4.78 is 0. The van der Waals surface area contributed by atoms with E-state index in [1.54, 1.807) is 0 Å². The van der Waals surface area contributed by atoms with Crippen molar-refractivity contribution in [3.05, 3.63) is 28.7 Å². The van der Waals surface area contributed by atoms with Gasteiger partial charge in [0.1, 0.15) is 11.6 Å². The molecule has 0 saturated carbocycles. The first-order valence-electron chi connectivity index (χ1n) is 3.27. The van der Waals surface area contributed by atoms with E-state index in [0.717, 1.165) is 0 Å². The Balaban J connectivity index is 2.83.